The van der Waals surface area contributed by atoms with E-state index < -0.39 is 29.7 Å². The first kappa shape index (κ1) is 14.8. The van der Waals surface area contributed by atoms with Gasteiger partial charge < -0.3 is 10.4 Å². The van der Waals surface area contributed by atoms with Crippen molar-refractivity contribution in [2.45, 2.75) is 31.7 Å². The Morgan fingerprint density at radius 2 is 2.00 bits per heavy atom. The summed E-state index contributed by atoms with van der Waals surface area (Å²) in [5.41, 5.74) is -0.233. The van der Waals surface area contributed by atoms with Crippen LogP contribution in [-0.2, 0) is 4.79 Å². The molecule has 1 aromatic rings. The average molecular weight is 300 g/mol. The summed E-state index contributed by atoms with van der Waals surface area (Å²) >= 11 is 5.82. The molecule has 0 saturated heterocycles. The number of carboxylic acids is 1. The zero-order valence-electron chi connectivity index (χ0n) is 10.7. The Balaban J connectivity index is 2.16. The molecule has 2 rings (SSSR count). The number of amides is 1. The van der Waals surface area contributed by atoms with Gasteiger partial charge in [-0.3, -0.25) is 9.59 Å². The molecule has 0 heterocycles. The van der Waals surface area contributed by atoms with Gasteiger partial charge >= 0.3 is 5.97 Å². The van der Waals surface area contributed by atoms with E-state index in [4.69, 9.17) is 16.7 Å². The number of nitrogens with one attached hydrogen (secondary N) is 1. The third-order valence-electron chi connectivity index (χ3n) is 3.59. The largest absolute Gasteiger partial charge is 0.481 e. The number of halogens is 2. The Hall–Kier alpha value is -1.62. The Bertz CT molecular complexity index is 515. The van der Waals surface area contributed by atoms with Crippen LogP contribution in [0.4, 0.5) is 4.39 Å². The van der Waals surface area contributed by atoms with E-state index >= 15 is 0 Å². The predicted molar refractivity (Wildman–Crippen MR) is 72.3 cm³/mol. The number of rotatable bonds is 3. The van der Waals surface area contributed by atoms with Gasteiger partial charge in [-0.1, -0.05) is 30.5 Å². The van der Waals surface area contributed by atoms with Gasteiger partial charge in [0.05, 0.1) is 16.5 Å². The van der Waals surface area contributed by atoms with Crippen molar-refractivity contribution in [2.75, 3.05) is 0 Å². The number of benzene rings is 1. The van der Waals surface area contributed by atoms with E-state index in [0.717, 1.165) is 18.9 Å². The first-order valence-corrected chi connectivity index (χ1v) is 6.86. The van der Waals surface area contributed by atoms with Gasteiger partial charge in [0, 0.05) is 6.04 Å². The molecule has 0 aromatic heterocycles. The molecule has 1 aromatic carbocycles. The van der Waals surface area contributed by atoms with E-state index in [-0.39, 0.29) is 10.6 Å². The lowest BCUT2D eigenvalue weighted by Crippen LogP contribution is -2.45. The molecule has 0 spiro atoms. The van der Waals surface area contributed by atoms with Crippen molar-refractivity contribution in [1.29, 1.82) is 0 Å². The minimum absolute atomic E-state index is 0.0187. The molecule has 2 unspecified atom stereocenters. The molecule has 20 heavy (non-hydrogen) atoms. The van der Waals surface area contributed by atoms with Gasteiger partial charge in [0.1, 0.15) is 5.82 Å². The van der Waals surface area contributed by atoms with E-state index in [9.17, 15) is 14.0 Å². The number of aliphatic carboxylic acids is 1. The minimum atomic E-state index is -0.936. The SMILES string of the molecule is O=C(NC1CCCCC1C(=O)O)c1c(F)cccc1Cl. The molecule has 0 aliphatic heterocycles. The Morgan fingerprint density at radius 1 is 1.30 bits per heavy atom. The van der Waals surface area contributed by atoms with Crippen molar-refractivity contribution in [3.63, 3.8) is 0 Å². The monoisotopic (exact) mass is 299 g/mol. The van der Waals surface area contributed by atoms with Gasteiger partial charge in [-0.15, -0.1) is 0 Å². The summed E-state index contributed by atoms with van der Waals surface area (Å²) in [5, 5.41) is 11.8. The lowest BCUT2D eigenvalue weighted by Gasteiger charge is -2.29. The topological polar surface area (TPSA) is 66.4 Å². The number of carbonyl (C=O) groups excluding carboxylic acids is 1. The van der Waals surface area contributed by atoms with E-state index in [2.05, 4.69) is 5.32 Å². The standard InChI is InChI=1S/C14H15ClFNO3/c15-9-5-3-6-10(16)12(9)13(18)17-11-7-2-1-4-8(11)14(19)20/h3,5-6,8,11H,1-2,4,7H2,(H,17,18)(H,19,20). The molecule has 0 bridgehead atoms. The normalized spacial score (nSPS) is 22.3. The summed E-state index contributed by atoms with van der Waals surface area (Å²) in [5.74, 6) is -2.93. The lowest BCUT2D eigenvalue weighted by atomic mass is 9.84. The second-order valence-electron chi connectivity index (χ2n) is 4.91. The highest BCUT2D eigenvalue weighted by molar-refractivity contribution is 6.33. The Labute approximate surface area is 120 Å². The molecule has 1 saturated carbocycles. The molecule has 6 heteroatoms. The van der Waals surface area contributed by atoms with Gasteiger partial charge in [0.15, 0.2) is 0 Å². The van der Waals surface area contributed by atoms with Crippen LogP contribution in [0.5, 0.6) is 0 Å². The van der Waals surface area contributed by atoms with E-state index in [1.54, 1.807) is 0 Å². The Kier molecular flexibility index (Phi) is 4.60. The number of hydrogen-bond acceptors (Lipinski definition) is 2. The van der Waals surface area contributed by atoms with Crippen molar-refractivity contribution in [1.82, 2.24) is 5.32 Å². The first-order valence-electron chi connectivity index (χ1n) is 6.48. The smallest absolute Gasteiger partial charge is 0.308 e. The van der Waals surface area contributed by atoms with Crippen LogP contribution < -0.4 is 5.32 Å². The van der Waals surface area contributed by atoms with Gasteiger partial charge in [0.25, 0.3) is 5.91 Å². The average Bonchev–Trinajstić information content (AvgIpc) is 2.38. The summed E-state index contributed by atoms with van der Waals surface area (Å²) < 4.78 is 13.6. The van der Waals surface area contributed by atoms with Gasteiger partial charge in [-0.2, -0.15) is 0 Å². The van der Waals surface area contributed by atoms with E-state index in [0.29, 0.717) is 12.8 Å². The summed E-state index contributed by atoms with van der Waals surface area (Å²) in [7, 11) is 0. The van der Waals surface area contributed by atoms with Crippen LogP contribution in [0.15, 0.2) is 18.2 Å². The second kappa shape index (κ2) is 6.22. The number of carbonyl (C=O) groups is 2. The van der Waals surface area contributed by atoms with Crippen LogP contribution >= 0.6 is 11.6 Å². The van der Waals surface area contributed by atoms with Crippen molar-refractivity contribution in [3.05, 3.63) is 34.6 Å². The van der Waals surface area contributed by atoms with Crippen LogP contribution in [-0.4, -0.2) is 23.0 Å². The molecule has 4 nitrogen and oxygen atoms in total. The maximum absolute atomic E-state index is 13.6. The predicted octanol–water partition coefficient (Wildman–Crippen LogP) is 2.85. The minimum Gasteiger partial charge on any atom is -0.481 e. The zero-order valence-corrected chi connectivity index (χ0v) is 11.5. The van der Waals surface area contributed by atoms with Crippen LogP contribution in [0.3, 0.4) is 0 Å². The molecule has 0 radical (unpaired) electrons. The Morgan fingerprint density at radius 3 is 2.65 bits per heavy atom. The lowest BCUT2D eigenvalue weighted by molar-refractivity contribution is -0.143. The maximum Gasteiger partial charge on any atom is 0.308 e. The highest BCUT2D eigenvalue weighted by atomic mass is 35.5. The molecule has 2 atom stereocenters. The van der Waals surface area contributed by atoms with Gasteiger partial charge in [-0.25, -0.2) is 4.39 Å². The third-order valence-corrected chi connectivity index (χ3v) is 3.90. The van der Waals surface area contributed by atoms with E-state index in [1.807, 2.05) is 0 Å². The second-order valence-corrected chi connectivity index (χ2v) is 5.31. The van der Waals surface area contributed by atoms with Crippen molar-refractivity contribution in [2.24, 2.45) is 5.92 Å². The summed E-state index contributed by atoms with van der Waals surface area (Å²) in [6, 6.07) is 3.50. The summed E-state index contributed by atoms with van der Waals surface area (Å²) in [6.07, 6.45) is 2.77. The summed E-state index contributed by atoms with van der Waals surface area (Å²) in [6.45, 7) is 0. The zero-order chi connectivity index (χ0) is 14.7. The fourth-order valence-electron chi connectivity index (χ4n) is 2.55. The molecular weight excluding hydrogens is 285 g/mol. The quantitative estimate of drug-likeness (QED) is 0.902. The van der Waals surface area contributed by atoms with Gasteiger partial charge in [-0.05, 0) is 25.0 Å². The molecular formula is C14H15ClFNO3. The van der Waals surface area contributed by atoms with Gasteiger partial charge in [0.2, 0.25) is 0 Å². The molecule has 1 amide bonds. The van der Waals surface area contributed by atoms with Crippen molar-refractivity contribution >= 4 is 23.5 Å². The third kappa shape index (κ3) is 3.10. The van der Waals surface area contributed by atoms with Crippen LogP contribution in [0, 0.1) is 11.7 Å². The maximum atomic E-state index is 13.6. The highest BCUT2D eigenvalue weighted by Crippen LogP contribution is 2.26. The fourth-order valence-corrected chi connectivity index (χ4v) is 2.80. The van der Waals surface area contributed by atoms with Crippen LogP contribution in [0.25, 0.3) is 0 Å². The van der Waals surface area contributed by atoms with Crippen molar-refractivity contribution in [3.8, 4) is 0 Å². The number of carboxylic acid groups (broad SMARTS) is 1. The molecule has 1 aliphatic carbocycles. The molecule has 108 valence electrons. The fraction of sp³-hybridized carbons (Fsp3) is 0.429. The van der Waals surface area contributed by atoms with Crippen LogP contribution in [0.1, 0.15) is 36.0 Å². The van der Waals surface area contributed by atoms with Crippen molar-refractivity contribution < 1.29 is 19.1 Å². The van der Waals surface area contributed by atoms with Crippen LogP contribution in [0.2, 0.25) is 5.02 Å². The molecule has 1 fully saturated rings. The number of hydrogen-bond donors (Lipinski definition) is 2. The van der Waals surface area contributed by atoms with E-state index in [1.165, 1.54) is 12.1 Å². The molecule has 1 aliphatic rings. The first-order chi connectivity index (χ1) is 9.50. The molecule has 2 N–H and O–H groups in total. The highest BCUT2D eigenvalue weighted by Gasteiger charge is 2.32. The summed E-state index contributed by atoms with van der Waals surface area (Å²) in [4.78, 5) is 23.3.